The molecule has 2 aromatic carbocycles. The highest BCUT2D eigenvalue weighted by Gasteiger charge is 2.35. The lowest BCUT2D eigenvalue weighted by Crippen LogP contribution is -2.37. The standard InChI is InChI=1S/C22H21F6NO3/c23-21(24,25)17-7-5-15(6-8-17)18-11-14(12-20(30)31)9-10-29(18)13-16-3-1-2-4-19(16)32-22(26,27)28/h1-8,14,18H,9-13H2,(H,30,31)/t14-,18+/m1/s1. The van der Waals surface area contributed by atoms with Crippen LogP contribution in [0, 0.1) is 5.92 Å². The van der Waals surface area contributed by atoms with Crippen molar-refractivity contribution in [1.82, 2.24) is 4.90 Å². The molecule has 2 aromatic rings. The lowest BCUT2D eigenvalue weighted by Gasteiger charge is -2.40. The molecule has 174 valence electrons. The number of likely N-dealkylation sites (tertiary alicyclic amines) is 1. The molecule has 0 bridgehead atoms. The van der Waals surface area contributed by atoms with E-state index in [1.807, 2.05) is 4.90 Å². The van der Waals surface area contributed by atoms with Gasteiger partial charge in [-0.15, -0.1) is 13.2 Å². The fourth-order valence-corrected chi connectivity index (χ4v) is 4.03. The maximum Gasteiger partial charge on any atom is 0.573 e. The lowest BCUT2D eigenvalue weighted by molar-refractivity contribution is -0.275. The zero-order valence-corrected chi connectivity index (χ0v) is 16.8. The van der Waals surface area contributed by atoms with E-state index < -0.39 is 30.1 Å². The van der Waals surface area contributed by atoms with E-state index in [1.165, 1.54) is 30.3 Å². The smallest absolute Gasteiger partial charge is 0.481 e. The first-order valence-corrected chi connectivity index (χ1v) is 9.89. The van der Waals surface area contributed by atoms with E-state index in [-0.39, 0.29) is 30.2 Å². The quantitative estimate of drug-likeness (QED) is 0.534. The molecule has 0 amide bonds. The van der Waals surface area contributed by atoms with E-state index in [1.54, 1.807) is 6.07 Å². The molecule has 3 rings (SSSR count). The van der Waals surface area contributed by atoms with Gasteiger partial charge >= 0.3 is 18.5 Å². The molecular weight excluding hydrogens is 440 g/mol. The Morgan fingerprint density at radius 2 is 1.69 bits per heavy atom. The van der Waals surface area contributed by atoms with Crippen LogP contribution in [0.15, 0.2) is 48.5 Å². The molecule has 0 aliphatic carbocycles. The average molecular weight is 461 g/mol. The van der Waals surface area contributed by atoms with Crippen LogP contribution in [0.1, 0.15) is 42.0 Å². The van der Waals surface area contributed by atoms with Gasteiger partial charge in [0.05, 0.1) is 5.56 Å². The van der Waals surface area contributed by atoms with Crippen LogP contribution < -0.4 is 4.74 Å². The minimum Gasteiger partial charge on any atom is -0.481 e. The number of hydrogen-bond acceptors (Lipinski definition) is 3. The van der Waals surface area contributed by atoms with Crippen molar-refractivity contribution in [2.45, 2.75) is 44.4 Å². The van der Waals surface area contributed by atoms with Gasteiger partial charge in [-0.2, -0.15) is 13.2 Å². The van der Waals surface area contributed by atoms with E-state index >= 15 is 0 Å². The van der Waals surface area contributed by atoms with E-state index in [4.69, 9.17) is 5.11 Å². The maximum atomic E-state index is 12.9. The van der Waals surface area contributed by atoms with Crippen molar-refractivity contribution in [3.63, 3.8) is 0 Å². The van der Waals surface area contributed by atoms with E-state index in [2.05, 4.69) is 4.74 Å². The first-order valence-electron chi connectivity index (χ1n) is 9.89. The van der Waals surface area contributed by atoms with Crippen LogP contribution in [-0.2, 0) is 17.5 Å². The Bertz CT molecular complexity index is 926. The summed E-state index contributed by atoms with van der Waals surface area (Å²) in [7, 11) is 0. The molecule has 1 aliphatic rings. The van der Waals surface area contributed by atoms with Crippen LogP contribution in [-0.4, -0.2) is 28.9 Å². The van der Waals surface area contributed by atoms with Gasteiger partial charge in [-0.05, 0) is 49.1 Å². The number of piperidine rings is 1. The summed E-state index contributed by atoms with van der Waals surface area (Å²) in [6.07, 6.45) is -8.58. The van der Waals surface area contributed by atoms with Crippen molar-refractivity contribution in [1.29, 1.82) is 0 Å². The van der Waals surface area contributed by atoms with Gasteiger partial charge in [-0.3, -0.25) is 9.69 Å². The second-order valence-corrected chi connectivity index (χ2v) is 7.75. The Morgan fingerprint density at radius 3 is 2.28 bits per heavy atom. The fraction of sp³-hybridized carbons (Fsp3) is 0.409. The molecule has 32 heavy (non-hydrogen) atoms. The molecule has 10 heteroatoms. The van der Waals surface area contributed by atoms with Crippen molar-refractivity contribution < 1.29 is 41.0 Å². The molecular formula is C22H21F6NO3. The second-order valence-electron chi connectivity index (χ2n) is 7.75. The van der Waals surface area contributed by atoms with Crippen molar-refractivity contribution in [2.75, 3.05) is 6.54 Å². The van der Waals surface area contributed by atoms with Gasteiger partial charge < -0.3 is 9.84 Å². The Labute approximate surface area is 180 Å². The number of para-hydroxylation sites is 1. The zero-order valence-electron chi connectivity index (χ0n) is 16.8. The molecule has 0 saturated carbocycles. The second kappa shape index (κ2) is 9.40. The fourth-order valence-electron chi connectivity index (χ4n) is 4.03. The number of carboxylic acid groups (broad SMARTS) is 1. The topological polar surface area (TPSA) is 49.8 Å². The number of halogens is 6. The number of benzene rings is 2. The van der Waals surface area contributed by atoms with E-state index in [9.17, 15) is 31.1 Å². The molecule has 1 fully saturated rings. The third-order valence-electron chi connectivity index (χ3n) is 5.48. The number of rotatable bonds is 6. The van der Waals surface area contributed by atoms with Crippen LogP contribution in [0.2, 0.25) is 0 Å². The van der Waals surface area contributed by atoms with Crippen LogP contribution >= 0.6 is 0 Å². The molecule has 1 aliphatic heterocycles. The summed E-state index contributed by atoms with van der Waals surface area (Å²) in [5.41, 5.74) is 0.00958. The summed E-state index contributed by atoms with van der Waals surface area (Å²) in [6, 6.07) is 9.81. The normalized spacial score (nSPS) is 20.2. The summed E-state index contributed by atoms with van der Waals surface area (Å²) < 4.78 is 81.2. The van der Waals surface area contributed by atoms with Crippen LogP contribution in [0.3, 0.4) is 0 Å². The summed E-state index contributed by atoms with van der Waals surface area (Å²) in [6.45, 7) is 0.446. The van der Waals surface area contributed by atoms with Gasteiger partial charge in [0.15, 0.2) is 0 Å². The van der Waals surface area contributed by atoms with Crippen molar-refractivity contribution in [3.05, 3.63) is 65.2 Å². The summed E-state index contributed by atoms with van der Waals surface area (Å²) in [5, 5.41) is 9.13. The molecule has 4 nitrogen and oxygen atoms in total. The minimum absolute atomic E-state index is 0.0672. The van der Waals surface area contributed by atoms with Gasteiger partial charge in [-0.25, -0.2) is 0 Å². The molecule has 1 N–H and O–H groups in total. The van der Waals surface area contributed by atoms with Gasteiger partial charge in [0.1, 0.15) is 5.75 Å². The van der Waals surface area contributed by atoms with Crippen LogP contribution in [0.25, 0.3) is 0 Å². The van der Waals surface area contributed by atoms with Crippen molar-refractivity contribution in [2.24, 2.45) is 5.92 Å². The molecule has 2 atom stereocenters. The molecule has 1 heterocycles. The Kier molecular flexibility index (Phi) is 7.02. The first-order chi connectivity index (χ1) is 14.9. The molecule has 0 aromatic heterocycles. The third-order valence-corrected chi connectivity index (χ3v) is 5.48. The van der Waals surface area contributed by atoms with E-state index in [0.29, 0.717) is 24.9 Å². The summed E-state index contributed by atoms with van der Waals surface area (Å²) >= 11 is 0. The van der Waals surface area contributed by atoms with Gasteiger partial charge in [-0.1, -0.05) is 30.3 Å². The number of carbonyl (C=O) groups is 1. The van der Waals surface area contributed by atoms with Crippen molar-refractivity contribution in [3.8, 4) is 5.75 Å². The maximum absolute atomic E-state index is 12.9. The number of ether oxygens (including phenoxy) is 1. The molecule has 1 saturated heterocycles. The van der Waals surface area contributed by atoms with Gasteiger partial charge in [0, 0.05) is 24.6 Å². The Morgan fingerprint density at radius 1 is 1.03 bits per heavy atom. The summed E-state index contributed by atoms with van der Waals surface area (Å²) in [4.78, 5) is 13.0. The van der Waals surface area contributed by atoms with Gasteiger partial charge in [0.2, 0.25) is 0 Å². The number of nitrogens with zero attached hydrogens (tertiary/aromatic N) is 1. The first kappa shape index (κ1) is 23.9. The third kappa shape index (κ3) is 6.38. The molecule has 0 radical (unpaired) electrons. The minimum atomic E-state index is -4.86. The number of alkyl halides is 6. The number of hydrogen-bond donors (Lipinski definition) is 1. The van der Waals surface area contributed by atoms with E-state index in [0.717, 1.165) is 12.1 Å². The monoisotopic (exact) mass is 461 g/mol. The predicted molar refractivity (Wildman–Crippen MR) is 103 cm³/mol. The zero-order chi connectivity index (χ0) is 23.5. The molecule has 0 unspecified atom stereocenters. The highest BCUT2D eigenvalue weighted by Crippen LogP contribution is 2.39. The highest BCUT2D eigenvalue weighted by atomic mass is 19.4. The number of carboxylic acids is 1. The Balaban J connectivity index is 1.88. The predicted octanol–water partition coefficient (Wildman–Crippen LogP) is 6.03. The largest absolute Gasteiger partial charge is 0.573 e. The average Bonchev–Trinajstić information content (AvgIpc) is 2.68. The highest BCUT2D eigenvalue weighted by molar-refractivity contribution is 5.67. The van der Waals surface area contributed by atoms with Gasteiger partial charge in [0.25, 0.3) is 0 Å². The summed E-state index contributed by atoms with van der Waals surface area (Å²) in [5.74, 6) is -1.52. The lowest BCUT2D eigenvalue weighted by atomic mass is 9.84. The SMILES string of the molecule is O=C(O)C[C@@H]1CCN(Cc2ccccc2OC(F)(F)F)[C@H](c2ccc(C(F)(F)F)cc2)C1. The number of aliphatic carboxylic acids is 1. The van der Waals surface area contributed by atoms with Crippen molar-refractivity contribution >= 4 is 5.97 Å². The van der Waals surface area contributed by atoms with Crippen LogP contribution in [0.5, 0.6) is 5.75 Å². The molecule has 0 spiro atoms. The van der Waals surface area contributed by atoms with Crippen LogP contribution in [0.4, 0.5) is 26.3 Å². The Hall–Kier alpha value is -2.75.